The standard InChI is InChI=1S/C12H14F3NO2S/c1-2-18-11(17)10-9(16)7-5-6(12(13,14)15)3-4-8(7)19-10/h6H,2-5,16H2,1H3. The summed E-state index contributed by atoms with van der Waals surface area (Å²) in [6.45, 7) is 1.88. The van der Waals surface area contributed by atoms with Crippen LogP contribution in [0.3, 0.4) is 0 Å². The van der Waals surface area contributed by atoms with E-state index in [0.717, 1.165) is 16.2 Å². The summed E-state index contributed by atoms with van der Waals surface area (Å²) >= 11 is 1.16. The van der Waals surface area contributed by atoms with Crippen LogP contribution in [0.1, 0.15) is 33.5 Å². The number of alkyl halides is 3. The number of halogens is 3. The predicted molar refractivity (Wildman–Crippen MR) is 66.3 cm³/mol. The number of thiophene rings is 1. The second-order valence-corrected chi connectivity index (χ2v) is 5.55. The quantitative estimate of drug-likeness (QED) is 0.852. The van der Waals surface area contributed by atoms with E-state index in [-0.39, 0.29) is 30.0 Å². The SMILES string of the molecule is CCOC(=O)c1sc2c(c1N)CC(C(F)(F)F)CC2. The van der Waals surface area contributed by atoms with E-state index in [1.807, 2.05) is 0 Å². The Hall–Kier alpha value is -1.24. The second kappa shape index (κ2) is 5.03. The Labute approximate surface area is 112 Å². The van der Waals surface area contributed by atoms with E-state index in [9.17, 15) is 18.0 Å². The number of fused-ring (bicyclic) bond motifs is 1. The largest absolute Gasteiger partial charge is 0.462 e. The molecule has 0 saturated heterocycles. The Morgan fingerprint density at radius 2 is 2.21 bits per heavy atom. The number of rotatable bonds is 2. The zero-order chi connectivity index (χ0) is 14.2. The summed E-state index contributed by atoms with van der Waals surface area (Å²) in [6, 6.07) is 0. The Bertz CT molecular complexity index is 496. The van der Waals surface area contributed by atoms with Crippen molar-refractivity contribution in [1.29, 1.82) is 0 Å². The van der Waals surface area contributed by atoms with Crippen LogP contribution in [0.15, 0.2) is 0 Å². The number of esters is 1. The molecule has 3 nitrogen and oxygen atoms in total. The summed E-state index contributed by atoms with van der Waals surface area (Å²) in [5, 5.41) is 0. The lowest BCUT2D eigenvalue weighted by atomic mass is 9.87. The van der Waals surface area contributed by atoms with Crippen molar-refractivity contribution in [2.24, 2.45) is 5.92 Å². The highest BCUT2D eigenvalue weighted by molar-refractivity contribution is 7.14. The molecule has 0 radical (unpaired) electrons. The van der Waals surface area contributed by atoms with E-state index < -0.39 is 18.1 Å². The monoisotopic (exact) mass is 293 g/mol. The molecular formula is C12H14F3NO2S. The molecule has 0 aliphatic heterocycles. The number of nitrogens with two attached hydrogens (primary N) is 1. The Morgan fingerprint density at radius 3 is 2.79 bits per heavy atom. The first kappa shape index (κ1) is 14.2. The zero-order valence-electron chi connectivity index (χ0n) is 10.3. The smallest absolute Gasteiger partial charge is 0.392 e. The normalized spacial score (nSPS) is 19.1. The van der Waals surface area contributed by atoms with Crippen LogP contribution in [-0.2, 0) is 17.6 Å². The lowest BCUT2D eigenvalue weighted by Crippen LogP contribution is -2.28. The average Bonchev–Trinajstić information content (AvgIpc) is 2.66. The van der Waals surface area contributed by atoms with Crippen LogP contribution in [0.4, 0.5) is 18.9 Å². The maximum Gasteiger partial charge on any atom is 0.392 e. The Morgan fingerprint density at radius 1 is 1.53 bits per heavy atom. The number of hydrogen-bond acceptors (Lipinski definition) is 4. The molecule has 1 heterocycles. The molecule has 0 aromatic carbocycles. The van der Waals surface area contributed by atoms with Gasteiger partial charge in [0.2, 0.25) is 0 Å². The van der Waals surface area contributed by atoms with Gasteiger partial charge in [-0.3, -0.25) is 0 Å². The number of ether oxygens (including phenoxy) is 1. The van der Waals surface area contributed by atoms with Crippen molar-refractivity contribution in [2.45, 2.75) is 32.4 Å². The predicted octanol–water partition coefficient (Wildman–Crippen LogP) is 3.17. The second-order valence-electron chi connectivity index (χ2n) is 4.45. The van der Waals surface area contributed by atoms with E-state index in [1.165, 1.54) is 0 Å². The molecule has 0 spiro atoms. The minimum Gasteiger partial charge on any atom is -0.462 e. The van der Waals surface area contributed by atoms with Crippen molar-refractivity contribution >= 4 is 23.0 Å². The molecule has 19 heavy (non-hydrogen) atoms. The molecule has 0 amide bonds. The fraction of sp³-hybridized carbons (Fsp3) is 0.583. The maximum absolute atomic E-state index is 12.7. The van der Waals surface area contributed by atoms with Gasteiger partial charge in [-0.2, -0.15) is 13.2 Å². The molecule has 1 aliphatic carbocycles. The zero-order valence-corrected chi connectivity index (χ0v) is 11.2. The van der Waals surface area contributed by atoms with E-state index in [1.54, 1.807) is 6.92 Å². The summed E-state index contributed by atoms with van der Waals surface area (Å²) in [4.78, 5) is 12.7. The van der Waals surface area contributed by atoms with Crippen molar-refractivity contribution in [3.8, 4) is 0 Å². The fourth-order valence-electron chi connectivity index (χ4n) is 2.23. The van der Waals surface area contributed by atoms with Gasteiger partial charge in [0.05, 0.1) is 18.2 Å². The van der Waals surface area contributed by atoms with Crippen LogP contribution in [0.2, 0.25) is 0 Å². The van der Waals surface area contributed by atoms with Crippen LogP contribution >= 0.6 is 11.3 Å². The van der Waals surface area contributed by atoms with Gasteiger partial charge in [0.15, 0.2) is 0 Å². The molecule has 7 heteroatoms. The lowest BCUT2D eigenvalue weighted by Gasteiger charge is -2.24. The van der Waals surface area contributed by atoms with E-state index in [0.29, 0.717) is 12.0 Å². The topological polar surface area (TPSA) is 52.3 Å². The van der Waals surface area contributed by atoms with Gasteiger partial charge in [-0.25, -0.2) is 4.79 Å². The van der Waals surface area contributed by atoms with Crippen molar-refractivity contribution in [2.75, 3.05) is 12.3 Å². The Balaban J connectivity index is 2.28. The highest BCUT2D eigenvalue weighted by Crippen LogP contribution is 2.43. The minimum atomic E-state index is -4.21. The Kier molecular flexibility index (Phi) is 3.75. The molecule has 0 saturated carbocycles. The maximum atomic E-state index is 12.7. The number of aryl methyl sites for hydroxylation is 1. The van der Waals surface area contributed by atoms with Crippen LogP contribution in [0, 0.1) is 5.92 Å². The first-order chi connectivity index (χ1) is 8.84. The van der Waals surface area contributed by atoms with Crippen LogP contribution in [0.25, 0.3) is 0 Å². The summed E-state index contributed by atoms with van der Waals surface area (Å²) in [5.74, 6) is -1.92. The number of nitrogen functional groups attached to an aromatic ring is 1. The molecule has 1 unspecified atom stereocenters. The lowest BCUT2D eigenvalue weighted by molar-refractivity contribution is -0.176. The molecule has 1 atom stereocenters. The molecule has 0 bridgehead atoms. The third-order valence-electron chi connectivity index (χ3n) is 3.23. The third kappa shape index (κ3) is 2.70. The molecule has 1 aromatic rings. The fourth-order valence-corrected chi connectivity index (χ4v) is 3.39. The number of anilines is 1. The number of carbonyl (C=O) groups is 1. The number of hydrogen-bond donors (Lipinski definition) is 1. The van der Waals surface area contributed by atoms with Gasteiger partial charge in [-0.05, 0) is 31.7 Å². The van der Waals surface area contributed by atoms with Gasteiger partial charge < -0.3 is 10.5 Å². The van der Waals surface area contributed by atoms with Gasteiger partial charge in [0.25, 0.3) is 0 Å². The van der Waals surface area contributed by atoms with Gasteiger partial charge in [0, 0.05) is 4.88 Å². The molecule has 2 N–H and O–H groups in total. The van der Waals surface area contributed by atoms with E-state index in [4.69, 9.17) is 10.5 Å². The minimum absolute atomic E-state index is 0.0543. The summed E-state index contributed by atoms with van der Waals surface area (Å²) in [7, 11) is 0. The summed E-state index contributed by atoms with van der Waals surface area (Å²) in [5.41, 5.74) is 6.44. The molecular weight excluding hydrogens is 279 g/mol. The van der Waals surface area contributed by atoms with Gasteiger partial charge in [-0.15, -0.1) is 11.3 Å². The third-order valence-corrected chi connectivity index (χ3v) is 4.51. The van der Waals surface area contributed by atoms with Crippen molar-refractivity contribution < 1.29 is 22.7 Å². The number of carbonyl (C=O) groups excluding carboxylic acids is 1. The average molecular weight is 293 g/mol. The highest BCUT2D eigenvalue weighted by atomic mass is 32.1. The summed E-state index contributed by atoms with van der Waals surface area (Å²) < 4.78 is 43.0. The van der Waals surface area contributed by atoms with Gasteiger partial charge >= 0.3 is 12.1 Å². The first-order valence-electron chi connectivity index (χ1n) is 5.98. The van der Waals surface area contributed by atoms with E-state index >= 15 is 0 Å². The van der Waals surface area contributed by atoms with Crippen LogP contribution in [0.5, 0.6) is 0 Å². The van der Waals surface area contributed by atoms with Crippen molar-refractivity contribution in [1.82, 2.24) is 0 Å². The molecule has 0 fully saturated rings. The van der Waals surface area contributed by atoms with Crippen LogP contribution in [-0.4, -0.2) is 18.8 Å². The van der Waals surface area contributed by atoms with E-state index in [2.05, 4.69) is 0 Å². The van der Waals surface area contributed by atoms with Gasteiger partial charge in [-0.1, -0.05) is 0 Å². The molecule has 106 valence electrons. The first-order valence-corrected chi connectivity index (χ1v) is 6.80. The van der Waals surface area contributed by atoms with Gasteiger partial charge in [0.1, 0.15) is 4.88 Å². The van der Waals surface area contributed by atoms with Crippen LogP contribution < -0.4 is 5.73 Å². The molecule has 2 rings (SSSR count). The molecule has 1 aromatic heterocycles. The van der Waals surface area contributed by atoms with Crippen molar-refractivity contribution in [3.05, 3.63) is 15.3 Å². The molecule has 1 aliphatic rings. The summed E-state index contributed by atoms with van der Waals surface area (Å²) in [6.07, 6.45) is -3.98. The van der Waals surface area contributed by atoms with Crippen molar-refractivity contribution in [3.63, 3.8) is 0 Å². The highest BCUT2D eigenvalue weighted by Gasteiger charge is 2.42.